The third kappa shape index (κ3) is 3.62. The van der Waals surface area contributed by atoms with Gasteiger partial charge in [-0.1, -0.05) is 17.7 Å². The Balaban J connectivity index is 2.08. The predicted octanol–water partition coefficient (Wildman–Crippen LogP) is 2.37. The lowest BCUT2D eigenvalue weighted by atomic mass is 10.1. The van der Waals surface area contributed by atoms with Crippen molar-refractivity contribution in [2.24, 2.45) is 5.73 Å². The van der Waals surface area contributed by atoms with Crippen LogP contribution in [0.5, 0.6) is 0 Å². The first-order valence-electron chi connectivity index (χ1n) is 6.92. The van der Waals surface area contributed by atoms with Crippen molar-refractivity contribution in [1.82, 2.24) is 4.90 Å². The van der Waals surface area contributed by atoms with E-state index in [9.17, 15) is 0 Å². The second kappa shape index (κ2) is 6.12. The van der Waals surface area contributed by atoms with Crippen LogP contribution in [0.4, 0.5) is 5.69 Å². The van der Waals surface area contributed by atoms with Crippen molar-refractivity contribution in [2.45, 2.75) is 31.8 Å². The number of halogens is 1. The van der Waals surface area contributed by atoms with Crippen molar-refractivity contribution in [3.05, 3.63) is 28.8 Å². The quantitative estimate of drug-likeness (QED) is 0.920. The number of anilines is 1. The molecule has 1 fully saturated rings. The molecule has 0 radical (unpaired) electrons. The van der Waals surface area contributed by atoms with Crippen LogP contribution in [-0.2, 0) is 6.42 Å². The molecule has 1 aromatic rings. The van der Waals surface area contributed by atoms with Crippen LogP contribution >= 0.6 is 11.6 Å². The van der Waals surface area contributed by atoms with Crippen LogP contribution in [0.25, 0.3) is 0 Å². The molecule has 0 amide bonds. The van der Waals surface area contributed by atoms with Gasteiger partial charge in [-0.25, -0.2) is 0 Å². The summed E-state index contributed by atoms with van der Waals surface area (Å²) in [6.07, 6.45) is 2.05. The normalized spacial score (nSPS) is 21.2. The van der Waals surface area contributed by atoms with Gasteiger partial charge in [0, 0.05) is 35.9 Å². The van der Waals surface area contributed by atoms with E-state index in [1.807, 2.05) is 6.92 Å². The SMILES string of the molecule is CC(N)Cc1ccc(N2CCC(N(C)C)C2)cc1Cl. The molecule has 2 unspecified atom stereocenters. The van der Waals surface area contributed by atoms with Gasteiger partial charge in [-0.3, -0.25) is 0 Å². The molecule has 0 saturated carbocycles. The van der Waals surface area contributed by atoms with Crippen LogP contribution < -0.4 is 10.6 Å². The Morgan fingerprint density at radius 2 is 2.21 bits per heavy atom. The molecule has 0 bridgehead atoms. The highest BCUT2D eigenvalue weighted by Gasteiger charge is 2.24. The van der Waals surface area contributed by atoms with E-state index in [1.54, 1.807) is 0 Å². The highest BCUT2D eigenvalue weighted by molar-refractivity contribution is 6.31. The van der Waals surface area contributed by atoms with Crippen molar-refractivity contribution in [3.8, 4) is 0 Å². The monoisotopic (exact) mass is 281 g/mol. The maximum absolute atomic E-state index is 6.36. The molecule has 1 aliphatic heterocycles. The molecule has 2 atom stereocenters. The minimum absolute atomic E-state index is 0.147. The molecule has 1 heterocycles. The lowest BCUT2D eigenvalue weighted by Crippen LogP contribution is -2.31. The summed E-state index contributed by atoms with van der Waals surface area (Å²) in [7, 11) is 4.29. The van der Waals surface area contributed by atoms with Gasteiger partial charge in [0.25, 0.3) is 0 Å². The maximum Gasteiger partial charge on any atom is 0.0459 e. The smallest absolute Gasteiger partial charge is 0.0459 e. The summed E-state index contributed by atoms with van der Waals surface area (Å²) in [6, 6.07) is 7.15. The Morgan fingerprint density at radius 1 is 1.47 bits per heavy atom. The largest absolute Gasteiger partial charge is 0.370 e. The van der Waals surface area contributed by atoms with Gasteiger partial charge in [-0.05, 0) is 51.6 Å². The van der Waals surface area contributed by atoms with Crippen LogP contribution in [0.1, 0.15) is 18.9 Å². The van der Waals surface area contributed by atoms with Gasteiger partial charge < -0.3 is 15.5 Å². The molecule has 0 aliphatic carbocycles. The van der Waals surface area contributed by atoms with Gasteiger partial charge in [0.15, 0.2) is 0 Å². The van der Waals surface area contributed by atoms with Crippen LogP contribution in [0.2, 0.25) is 5.02 Å². The Hall–Kier alpha value is -0.770. The Bertz CT molecular complexity index is 431. The van der Waals surface area contributed by atoms with Crippen molar-refractivity contribution in [1.29, 1.82) is 0 Å². The Labute approximate surface area is 121 Å². The topological polar surface area (TPSA) is 32.5 Å². The molecule has 19 heavy (non-hydrogen) atoms. The number of hydrogen-bond donors (Lipinski definition) is 1. The van der Waals surface area contributed by atoms with E-state index in [2.05, 4.69) is 42.1 Å². The molecule has 106 valence electrons. The molecule has 4 heteroatoms. The van der Waals surface area contributed by atoms with E-state index in [-0.39, 0.29) is 6.04 Å². The zero-order valence-electron chi connectivity index (χ0n) is 12.1. The van der Waals surface area contributed by atoms with E-state index in [1.165, 1.54) is 12.1 Å². The standard InChI is InChI=1S/C15H24ClN3/c1-11(17)8-12-4-5-13(9-15(12)16)19-7-6-14(10-19)18(2)3/h4-5,9,11,14H,6-8,10,17H2,1-3H3. The zero-order valence-corrected chi connectivity index (χ0v) is 12.8. The number of nitrogens with two attached hydrogens (primary N) is 1. The highest BCUT2D eigenvalue weighted by atomic mass is 35.5. The van der Waals surface area contributed by atoms with Crippen LogP contribution in [0.15, 0.2) is 18.2 Å². The van der Waals surface area contributed by atoms with E-state index < -0.39 is 0 Å². The fourth-order valence-corrected chi connectivity index (χ4v) is 2.90. The van der Waals surface area contributed by atoms with Crippen LogP contribution in [-0.4, -0.2) is 44.2 Å². The number of likely N-dealkylation sites (N-methyl/N-ethyl adjacent to an activating group) is 1. The summed E-state index contributed by atoms with van der Waals surface area (Å²) in [5.41, 5.74) is 8.20. The summed E-state index contributed by atoms with van der Waals surface area (Å²) in [6.45, 7) is 4.19. The second-order valence-electron chi connectivity index (χ2n) is 5.81. The third-order valence-electron chi connectivity index (χ3n) is 3.84. The predicted molar refractivity (Wildman–Crippen MR) is 83.1 cm³/mol. The lowest BCUT2D eigenvalue weighted by molar-refractivity contribution is 0.315. The fraction of sp³-hybridized carbons (Fsp3) is 0.600. The molecule has 1 saturated heterocycles. The summed E-state index contributed by atoms with van der Waals surface area (Å²) in [5, 5.41) is 0.836. The fourth-order valence-electron chi connectivity index (χ4n) is 2.64. The molecular formula is C15H24ClN3. The minimum Gasteiger partial charge on any atom is -0.370 e. The molecule has 1 aromatic carbocycles. The van der Waals surface area contributed by atoms with Gasteiger partial charge in [-0.15, -0.1) is 0 Å². The van der Waals surface area contributed by atoms with Gasteiger partial charge in [0.2, 0.25) is 0 Å². The first-order chi connectivity index (χ1) is 8.97. The van der Waals surface area contributed by atoms with Gasteiger partial charge in [0.05, 0.1) is 0 Å². The average Bonchev–Trinajstić information content (AvgIpc) is 2.80. The molecule has 1 aliphatic rings. The van der Waals surface area contributed by atoms with Gasteiger partial charge in [-0.2, -0.15) is 0 Å². The lowest BCUT2D eigenvalue weighted by Gasteiger charge is -2.22. The van der Waals surface area contributed by atoms with Crippen LogP contribution in [0, 0.1) is 0 Å². The molecule has 0 spiro atoms. The molecule has 2 rings (SSSR count). The van der Waals surface area contributed by atoms with Crippen molar-refractivity contribution in [3.63, 3.8) is 0 Å². The molecule has 0 aromatic heterocycles. The van der Waals surface area contributed by atoms with E-state index in [4.69, 9.17) is 17.3 Å². The summed E-state index contributed by atoms with van der Waals surface area (Å²) < 4.78 is 0. The van der Waals surface area contributed by atoms with Crippen LogP contribution in [0.3, 0.4) is 0 Å². The highest BCUT2D eigenvalue weighted by Crippen LogP contribution is 2.27. The third-order valence-corrected chi connectivity index (χ3v) is 4.19. The number of benzene rings is 1. The van der Waals surface area contributed by atoms with E-state index >= 15 is 0 Å². The average molecular weight is 282 g/mol. The van der Waals surface area contributed by atoms with Gasteiger partial charge >= 0.3 is 0 Å². The summed E-state index contributed by atoms with van der Waals surface area (Å²) in [4.78, 5) is 4.71. The molecule has 2 N–H and O–H groups in total. The Morgan fingerprint density at radius 3 is 2.74 bits per heavy atom. The maximum atomic E-state index is 6.36. The van der Waals surface area contributed by atoms with Gasteiger partial charge in [0.1, 0.15) is 0 Å². The van der Waals surface area contributed by atoms with Crippen molar-refractivity contribution < 1.29 is 0 Å². The summed E-state index contributed by atoms with van der Waals surface area (Å²) >= 11 is 6.36. The minimum atomic E-state index is 0.147. The molecule has 3 nitrogen and oxygen atoms in total. The van der Waals surface area contributed by atoms with E-state index in [0.29, 0.717) is 6.04 Å². The van der Waals surface area contributed by atoms with Crippen molar-refractivity contribution in [2.75, 3.05) is 32.1 Å². The Kier molecular flexibility index (Phi) is 4.71. The van der Waals surface area contributed by atoms with E-state index in [0.717, 1.165) is 30.1 Å². The second-order valence-corrected chi connectivity index (χ2v) is 6.22. The summed E-state index contributed by atoms with van der Waals surface area (Å²) in [5.74, 6) is 0. The molecular weight excluding hydrogens is 258 g/mol. The van der Waals surface area contributed by atoms with Crippen molar-refractivity contribution >= 4 is 17.3 Å². The number of rotatable bonds is 4. The number of nitrogens with zero attached hydrogens (tertiary/aromatic N) is 2. The first-order valence-corrected chi connectivity index (χ1v) is 7.30. The zero-order chi connectivity index (χ0) is 14.0. The first kappa shape index (κ1) is 14.6. The number of hydrogen-bond acceptors (Lipinski definition) is 3.